The number of aromatic nitrogens is 2. The summed E-state index contributed by atoms with van der Waals surface area (Å²) in [5.74, 6) is -0.194. The van der Waals surface area contributed by atoms with Crippen LogP contribution in [0.1, 0.15) is 26.1 Å². The van der Waals surface area contributed by atoms with Crippen molar-refractivity contribution in [3.63, 3.8) is 0 Å². The minimum absolute atomic E-state index is 0.166. The van der Waals surface area contributed by atoms with Gasteiger partial charge in [-0.1, -0.05) is 44.2 Å². The average molecular weight is 553 g/mol. The molecule has 0 bridgehead atoms. The molecule has 39 heavy (non-hydrogen) atoms. The molecule has 0 radical (unpaired) electrons. The van der Waals surface area contributed by atoms with Gasteiger partial charge in [-0.15, -0.1) is 0 Å². The van der Waals surface area contributed by atoms with Crippen LogP contribution in [0.5, 0.6) is 17.4 Å². The monoisotopic (exact) mass is 552 g/mol. The Balaban J connectivity index is 1.92. The first-order chi connectivity index (χ1) is 18.6. The van der Waals surface area contributed by atoms with Crippen LogP contribution >= 0.6 is 0 Å². The summed E-state index contributed by atoms with van der Waals surface area (Å²) >= 11 is 0. The predicted octanol–water partition coefficient (Wildman–Crippen LogP) is 5.18. The molecule has 0 aliphatic heterocycles. The molecule has 0 unspecified atom stereocenters. The molecule has 4 aromatic rings. The Hall–Kier alpha value is -4.18. The zero-order valence-corrected chi connectivity index (χ0v) is 22.8. The Kier molecular flexibility index (Phi) is 8.06. The maximum atomic E-state index is 13.7. The number of hydrogen-bond acceptors (Lipinski definition) is 7. The molecule has 0 saturated heterocycles. The fourth-order valence-electron chi connectivity index (χ4n) is 4.23. The van der Waals surface area contributed by atoms with E-state index >= 15 is 0 Å². The highest BCUT2D eigenvalue weighted by atomic mass is 32.2. The Morgan fingerprint density at radius 2 is 1.46 bits per heavy atom. The molecule has 10 heteroatoms. The number of methoxy groups -OCH3 is 2. The highest BCUT2D eigenvalue weighted by Gasteiger charge is 2.32. The summed E-state index contributed by atoms with van der Waals surface area (Å²) in [6.45, 7) is 4.00. The van der Waals surface area contributed by atoms with E-state index in [-0.39, 0.29) is 46.1 Å². The summed E-state index contributed by atoms with van der Waals surface area (Å²) in [5, 5.41) is 11.5. The Bertz CT molecular complexity index is 1630. The first-order valence-corrected chi connectivity index (χ1v) is 13.7. The molecule has 0 amide bonds. The van der Waals surface area contributed by atoms with Crippen LogP contribution in [0.2, 0.25) is 0 Å². The molecule has 8 nitrogen and oxygen atoms in total. The van der Waals surface area contributed by atoms with Gasteiger partial charge in [-0.3, -0.25) is 9.36 Å². The van der Waals surface area contributed by atoms with Gasteiger partial charge in [-0.2, -0.15) is 4.98 Å². The SMILES string of the molecule is COc1cccc(OC)c1-n1c(CCC(C)C)nc(=O)c(S(=O)(=O)c2ccc(-c3ccc(F)cc3)cc2)c1O. The third kappa shape index (κ3) is 5.51. The lowest BCUT2D eigenvalue weighted by Gasteiger charge is -2.21. The standard InChI is InChI=1S/C29H29FN2O6S/c1-18(2)8-17-25-31-28(33)27(29(34)32(25)26-23(37-3)6-5-7-24(26)38-4)39(35,36)22-15-11-20(12-16-22)19-9-13-21(30)14-10-19/h5-7,9-16,18,34H,8,17H2,1-4H3. The molecule has 4 rings (SSSR count). The van der Waals surface area contributed by atoms with Gasteiger partial charge in [0.2, 0.25) is 15.7 Å². The topological polar surface area (TPSA) is 108 Å². The number of rotatable bonds is 9. The van der Waals surface area contributed by atoms with E-state index in [4.69, 9.17) is 9.47 Å². The predicted molar refractivity (Wildman–Crippen MR) is 145 cm³/mol. The minimum atomic E-state index is -4.51. The lowest BCUT2D eigenvalue weighted by molar-refractivity contribution is 0.373. The summed E-state index contributed by atoms with van der Waals surface area (Å²) in [6.07, 6.45) is 0.911. The van der Waals surface area contributed by atoms with Gasteiger partial charge in [0.1, 0.15) is 28.8 Å². The van der Waals surface area contributed by atoms with Crippen LogP contribution in [-0.2, 0) is 16.3 Å². The van der Waals surface area contributed by atoms with Crippen molar-refractivity contribution >= 4 is 9.84 Å². The fraction of sp³-hybridized carbons (Fsp3) is 0.241. The van der Waals surface area contributed by atoms with Gasteiger partial charge in [0, 0.05) is 6.42 Å². The second kappa shape index (κ2) is 11.3. The molecular formula is C29H29FN2O6S. The Labute approximate surface area is 226 Å². The first-order valence-electron chi connectivity index (χ1n) is 12.3. The zero-order chi connectivity index (χ0) is 28.3. The molecule has 1 N–H and O–H groups in total. The van der Waals surface area contributed by atoms with Gasteiger partial charge in [0.25, 0.3) is 5.56 Å². The van der Waals surface area contributed by atoms with Crippen molar-refractivity contribution in [3.8, 4) is 34.2 Å². The third-order valence-electron chi connectivity index (χ3n) is 6.28. The van der Waals surface area contributed by atoms with Crippen LogP contribution < -0.4 is 15.0 Å². The van der Waals surface area contributed by atoms with Crippen molar-refractivity contribution < 1.29 is 27.4 Å². The van der Waals surface area contributed by atoms with Gasteiger partial charge >= 0.3 is 0 Å². The van der Waals surface area contributed by atoms with Crippen molar-refractivity contribution in [2.45, 2.75) is 36.5 Å². The molecule has 0 spiro atoms. The molecule has 3 aromatic carbocycles. The number of nitrogens with zero attached hydrogens (tertiary/aromatic N) is 2. The summed E-state index contributed by atoms with van der Waals surface area (Å²) < 4.78 is 52.9. The van der Waals surface area contributed by atoms with Gasteiger partial charge in [-0.25, -0.2) is 12.8 Å². The summed E-state index contributed by atoms with van der Waals surface area (Å²) in [4.78, 5) is 16.2. The molecule has 0 atom stereocenters. The quantitative estimate of drug-likeness (QED) is 0.305. The van der Waals surface area contributed by atoms with Crippen LogP contribution in [0.4, 0.5) is 4.39 Å². The van der Waals surface area contributed by atoms with Crippen LogP contribution in [0.15, 0.2) is 81.3 Å². The molecule has 0 aliphatic carbocycles. The lowest BCUT2D eigenvalue weighted by Crippen LogP contribution is -2.25. The lowest BCUT2D eigenvalue weighted by atomic mass is 10.1. The van der Waals surface area contributed by atoms with E-state index < -0.39 is 26.2 Å². The van der Waals surface area contributed by atoms with Gasteiger partial charge in [0.05, 0.1) is 19.1 Å². The number of aromatic hydroxyl groups is 1. The normalized spacial score (nSPS) is 11.5. The summed E-state index contributed by atoms with van der Waals surface area (Å²) in [5.41, 5.74) is 0.481. The van der Waals surface area contributed by atoms with Crippen molar-refractivity contribution in [1.82, 2.24) is 9.55 Å². The second-order valence-corrected chi connectivity index (χ2v) is 11.2. The summed E-state index contributed by atoms with van der Waals surface area (Å²) in [7, 11) is -1.65. The average Bonchev–Trinajstić information content (AvgIpc) is 2.91. The van der Waals surface area contributed by atoms with Crippen LogP contribution in [0, 0.1) is 11.7 Å². The zero-order valence-electron chi connectivity index (χ0n) is 22.0. The Morgan fingerprint density at radius 1 is 0.923 bits per heavy atom. The van der Waals surface area contributed by atoms with Gasteiger partial charge in [-0.05, 0) is 59.9 Å². The highest BCUT2D eigenvalue weighted by Crippen LogP contribution is 2.38. The van der Waals surface area contributed by atoms with E-state index in [2.05, 4.69) is 4.98 Å². The van der Waals surface area contributed by atoms with Crippen molar-refractivity contribution in [1.29, 1.82) is 0 Å². The van der Waals surface area contributed by atoms with Crippen molar-refractivity contribution in [3.05, 3.63) is 88.7 Å². The van der Waals surface area contributed by atoms with Crippen molar-refractivity contribution in [2.24, 2.45) is 5.92 Å². The number of halogens is 1. The van der Waals surface area contributed by atoms with E-state index in [0.717, 1.165) is 0 Å². The van der Waals surface area contributed by atoms with Crippen LogP contribution in [-0.4, -0.2) is 37.3 Å². The fourth-order valence-corrected chi connectivity index (χ4v) is 5.57. The summed E-state index contributed by atoms with van der Waals surface area (Å²) in [6, 6.07) is 16.4. The molecule has 204 valence electrons. The number of aryl methyl sites for hydroxylation is 1. The molecule has 0 fully saturated rings. The number of ether oxygens (including phenoxy) is 2. The van der Waals surface area contributed by atoms with E-state index in [1.165, 1.54) is 43.1 Å². The first kappa shape index (κ1) is 27.8. The molecule has 1 aromatic heterocycles. The maximum Gasteiger partial charge on any atom is 0.296 e. The van der Waals surface area contributed by atoms with E-state index in [1.807, 2.05) is 13.8 Å². The number of para-hydroxylation sites is 1. The van der Waals surface area contributed by atoms with Gasteiger partial charge < -0.3 is 14.6 Å². The number of sulfone groups is 1. The van der Waals surface area contributed by atoms with E-state index in [0.29, 0.717) is 17.5 Å². The number of benzene rings is 3. The minimum Gasteiger partial charge on any atom is -0.494 e. The maximum absolute atomic E-state index is 13.7. The largest absolute Gasteiger partial charge is 0.494 e. The van der Waals surface area contributed by atoms with Gasteiger partial charge in [0.15, 0.2) is 4.90 Å². The molecule has 1 heterocycles. The number of hydrogen-bond donors (Lipinski definition) is 1. The highest BCUT2D eigenvalue weighted by molar-refractivity contribution is 7.91. The van der Waals surface area contributed by atoms with E-state index in [1.54, 1.807) is 42.5 Å². The Morgan fingerprint density at radius 3 is 1.97 bits per heavy atom. The smallest absolute Gasteiger partial charge is 0.296 e. The molecule has 0 aliphatic rings. The van der Waals surface area contributed by atoms with Crippen molar-refractivity contribution in [2.75, 3.05) is 14.2 Å². The third-order valence-corrected chi connectivity index (χ3v) is 8.07. The molecule has 0 saturated carbocycles. The second-order valence-electron chi connectivity index (χ2n) is 9.30. The molecular weight excluding hydrogens is 523 g/mol. The van der Waals surface area contributed by atoms with Crippen LogP contribution in [0.3, 0.4) is 0 Å². The van der Waals surface area contributed by atoms with E-state index in [9.17, 15) is 22.7 Å². The van der Waals surface area contributed by atoms with Crippen LogP contribution in [0.25, 0.3) is 16.8 Å².